The number of nitrogens with one attached hydrogen (secondary N) is 2. The van der Waals surface area contributed by atoms with E-state index in [1.807, 2.05) is 18.2 Å². The van der Waals surface area contributed by atoms with E-state index < -0.39 is 20.1 Å². The van der Waals surface area contributed by atoms with Crippen molar-refractivity contribution in [1.29, 1.82) is 0 Å². The molecule has 36 heavy (non-hydrogen) atoms. The van der Waals surface area contributed by atoms with Crippen LogP contribution in [0.4, 0.5) is 5.69 Å². The van der Waals surface area contributed by atoms with Crippen LogP contribution in [0.25, 0.3) is 10.9 Å². The normalized spacial score (nSPS) is 15.6. The number of H-pyrrole nitrogens is 1. The summed E-state index contributed by atoms with van der Waals surface area (Å²) in [6, 6.07) is 13.9. The fraction of sp³-hybridized carbons (Fsp3) is 0.462. The van der Waals surface area contributed by atoms with Gasteiger partial charge in [0.15, 0.2) is 0 Å². The van der Waals surface area contributed by atoms with Crippen LogP contribution in [-0.2, 0) is 20.1 Å². The number of fused-ring (bicyclic) bond motifs is 1. The number of piperidine rings is 1. The molecular weight excluding hydrogens is 498 g/mol. The Morgan fingerprint density at radius 2 is 1.64 bits per heavy atom. The Morgan fingerprint density at radius 1 is 1.00 bits per heavy atom. The lowest BCUT2D eigenvalue weighted by Crippen LogP contribution is -2.40. The second-order valence-corrected chi connectivity index (χ2v) is 12.5. The summed E-state index contributed by atoms with van der Waals surface area (Å²) in [6.07, 6.45) is 6.87. The van der Waals surface area contributed by atoms with Gasteiger partial charge in [0.2, 0.25) is 10.0 Å². The Hall–Kier alpha value is -2.40. The number of sulfonamides is 1. The van der Waals surface area contributed by atoms with E-state index in [0.717, 1.165) is 36.8 Å². The fourth-order valence-corrected chi connectivity index (χ4v) is 5.90. The van der Waals surface area contributed by atoms with Gasteiger partial charge >= 0.3 is 0 Å². The SMILES string of the molecule is CCC(CC)N1CCC(c2c[nH]c3ccc(NS(=O)(=O)CC)cc23)CC1.O=S(=O)(O)c1ccccc1. The number of anilines is 1. The van der Waals surface area contributed by atoms with Crippen molar-refractivity contribution in [2.24, 2.45) is 0 Å². The highest BCUT2D eigenvalue weighted by Crippen LogP contribution is 2.35. The Morgan fingerprint density at radius 3 is 2.17 bits per heavy atom. The van der Waals surface area contributed by atoms with Crippen molar-refractivity contribution in [3.05, 3.63) is 60.3 Å². The summed E-state index contributed by atoms with van der Waals surface area (Å²) >= 11 is 0. The van der Waals surface area contributed by atoms with Crippen molar-refractivity contribution in [3.63, 3.8) is 0 Å². The third-order valence-corrected chi connectivity index (χ3v) is 9.01. The Labute approximate surface area is 214 Å². The second kappa shape index (κ2) is 12.2. The zero-order valence-corrected chi connectivity index (χ0v) is 22.8. The number of aromatic amines is 1. The Kier molecular flexibility index (Phi) is 9.57. The summed E-state index contributed by atoms with van der Waals surface area (Å²) in [5.41, 5.74) is 3.04. The molecule has 4 rings (SSSR count). The van der Waals surface area contributed by atoms with Gasteiger partial charge in [-0.2, -0.15) is 8.42 Å². The predicted octanol–water partition coefficient (Wildman–Crippen LogP) is 5.23. The summed E-state index contributed by atoms with van der Waals surface area (Å²) < 4.78 is 55.6. The van der Waals surface area contributed by atoms with E-state index in [-0.39, 0.29) is 10.6 Å². The number of hydrogen-bond acceptors (Lipinski definition) is 5. The van der Waals surface area contributed by atoms with E-state index in [2.05, 4.69) is 34.7 Å². The first-order valence-electron chi connectivity index (χ1n) is 12.5. The van der Waals surface area contributed by atoms with Crippen molar-refractivity contribution in [3.8, 4) is 0 Å². The summed E-state index contributed by atoms with van der Waals surface area (Å²) in [5, 5.41) is 1.14. The molecule has 8 nitrogen and oxygen atoms in total. The molecule has 0 saturated carbocycles. The van der Waals surface area contributed by atoms with Gasteiger partial charge < -0.3 is 9.88 Å². The van der Waals surface area contributed by atoms with Crippen molar-refractivity contribution in [1.82, 2.24) is 9.88 Å². The van der Waals surface area contributed by atoms with E-state index in [0.29, 0.717) is 17.6 Å². The monoisotopic (exact) mass is 535 g/mol. The highest BCUT2D eigenvalue weighted by atomic mass is 32.2. The lowest BCUT2D eigenvalue weighted by Gasteiger charge is -2.37. The second-order valence-electron chi connectivity index (χ2n) is 9.08. The van der Waals surface area contributed by atoms with Crippen LogP contribution >= 0.6 is 0 Å². The third-order valence-electron chi connectivity index (χ3n) is 6.84. The summed E-state index contributed by atoms with van der Waals surface area (Å²) in [7, 11) is -7.25. The molecule has 2 aromatic carbocycles. The van der Waals surface area contributed by atoms with Crippen molar-refractivity contribution < 1.29 is 21.4 Å². The largest absolute Gasteiger partial charge is 0.361 e. The topological polar surface area (TPSA) is 120 Å². The quantitative estimate of drug-likeness (QED) is 0.340. The molecule has 10 heteroatoms. The van der Waals surface area contributed by atoms with Crippen LogP contribution in [-0.4, -0.2) is 56.2 Å². The summed E-state index contributed by atoms with van der Waals surface area (Å²) in [6.45, 7) is 8.49. The van der Waals surface area contributed by atoms with Gasteiger partial charge in [0.25, 0.3) is 10.1 Å². The van der Waals surface area contributed by atoms with E-state index in [1.165, 1.54) is 30.5 Å². The molecular formula is C26H37N3O5S2. The molecule has 0 spiro atoms. The maximum atomic E-state index is 11.9. The van der Waals surface area contributed by atoms with E-state index in [4.69, 9.17) is 4.55 Å². The first-order valence-corrected chi connectivity index (χ1v) is 15.5. The van der Waals surface area contributed by atoms with E-state index >= 15 is 0 Å². The molecule has 0 amide bonds. The number of benzene rings is 2. The third kappa shape index (κ3) is 7.32. The minimum Gasteiger partial charge on any atom is -0.361 e. The molecule has 1 fully saturated rings. The number of rotatable bonds is 8. The molecule has 1 aliphatic rings. The standard InChI is InChI=1S/C20H31N3O2S.C6H6O3S/c1-4-17(5-2)23-11-9-15(10-12-23)19-14-21-20-8-7-16(13-18(19)20)22-26(24,25)6-3;7-10(8,9)6-4-2-1-3-5-6/h7-8,13-15,17,21-22H,4-6,9-12H2,1-3H3;1-5H,(H,7,8,9). The number of aromatic nitrogens is 1. The van der Waals surface area contributed by atoms with Gasteiger partial charge in [0.05, 0.1) is 10.6 Å². The van der Waals surface area contributed by atoms with Crippen molar-refractivity contribution in [2.45, 2.75) is 63.3 Å². The minimum atomic E-state index is -4.00. The predicted molar refractivity (Wildman–Crippen MR) is 146 cm³/mol. The molecule has 0 radical (unpaired) electrons. The molecule has 2 heterocycles. The van der Waals surface area contributed by atoms with E-state index in [1.54, 1.807) is 25.1 Å². The van der Waals surface area contributed by atoms with Gasteiger partial charge in [0, 0.05) is 28.8 Å². The smallest absolute Gasteiger partial charge is 0.294 e. The molecule has 3 N–H and O–H groups in total. The Bertz CT molecular complexity index is 1330. The van der Waals surface area contributed by atoms with Crippen LogP contribution < -0.4 is 4.72 Å². The number of hydrogen-bond donors (Lipinski definition) is 3. The summed E-state index contributed by atoms with van der Waals surface area (Å²) in [5.74, 6) is 0.617. The minimum absolute atomic E-state index is 0.0741. The molecule has 0 bridgehead atoms. The highest BCUT2D eigenvalue weighted by Gasteiger charge is 2.25. The van der Waals surface area contributed by atoms with Crippen LogP contribution in [0, 0.1) is 0 Å². The molecule has 3 aromatic rings. The number of likely N-dealkylation sites (tertiary alicyclic amines) is 1. The molecule has 0 aliphatic carbocycles. The molecule has 1 aliphatic heterocycles. The fourth-order valence-electron chi connectivity index (χ4n) is 4.77. The zero-order valence-electron chi connectivity index (χ0n) is 21.1. The zero-order chi connectivity index (χ0) is 26.3. The molecule has 0 unspecified atom stereocenters. The van der Waals surface area contributed by atoms with Crippen LogP contribution in [0.5, 0.6) is 0 Å². The Balaban J connectivity index is 0.000000303. The van der Waals surface area contributed by atoms with Crippen LogP contribution in [0.3, 0.4) is 0 Å². The first-order chi connectivity index (χ1) is 17.1. The van der Waals surface area contributed by atoms with Gasteiger partial charge in [0.1, 0.15) is 0 Å². The van der Waals surface area contributed by atoms with Crippen molar-refractivity contribution in [2.75, 3.05) is 23.6 Å². The average molecular weight is 536 g/mol. The molecule has 1 aromatic heterocycles. The lowest BCUT2D eigenvalue weighted by atomic mass is 9.88. The van der Waals surface area contributed by atoms with Crippen LogP contribution in [0.1, 0.15) is 57.9 Å². The maximum Gasteiger partial charge on any atom is 0.294 e. The van der Waals surface area contributed by atoms with Gasteiger partial charge in [-0.05, 0) is 87.5 Å². The van der Waals surface area contributed by atoms with Crippen LogP contribution in [0.15, 0.2) is 59.6 Å². The number of nitrogens with zero attached hydrogens (tertiary/aromatic N) is 1. The molecule has 1 saturated heterocycles. The maximum absolute atomic E-state index is 11.9. The molecule has 198 valence electrons. The van der Waals surface area contributed by atoms with Crippen LogP contribution in [0.2, 0.25) is 0 Å². The van der Waals surface area contributed by atoms with E-state index in [9.17, 15) is 16.8 Å². The lowest BCUT2D eigenvalue weighted by molar-refractivity contribution is 0.144. The first kappa shape index (κ1) is 28.2. The van der Waals surface area contributed by atoms with Crippen molar-refractivity contribution >= 4 is 36.7 Å². The molecule has 0 atom stereocenters. The van der Waals surface area contributed by atoms with Gasteiger partial charge in [-0.1, -0.05) is 32.0 Å². The van der Waals surface area contributed by atoms with Gasteiger partial charge in [-0.15, -0.1) is 0 Å². The van der Waals surface area contributed by atoms with Gasteiger partial charge in [-0.25, -0.2) is 8.42 Å². The summed E-state index contributed by atoms with van der Waals surface area (Å²) in [4.78, 5) is 5.91. The average Bonchev–Trinajstić information content (AvgIpc) is 3.29. The van der Waals surface area contributed by atoms with Gasteiger partial charge in [-0.3, -0.25) is 9.27 Å². The highest BCUT2D eigenvalue weighted by molar-refractivity contribution is 7.92.